The van der Waals surface area contributed by atoms with Crippen LogP contribution in [0.25, 0.3) is 0 Å². The van der Waals surface area contributed by atoms with Crippen LogP contribution < -0.4 is 10.1 Å². The molecule has 4 heteroatoms. The highest BCUT2D eigenvalue weighted by atomic mass is 32.2. The van der Waals surface area contributed by atoms with Gasteiger partial charge in [0.25, 0.3) is 0 Å². The highest BCUT2D eigenvalue weighted by molar-refractivity contribution is 7.85. The minimum Gasteiger partial charge on any atom is -0.495 e. The van der Waals surface area contributed by atoms with Gasteiger partial charge in [0.05, 0.1) is 22.8 Å². The van der Waals surface area contributed by atoms with Gasteiger partial charge in [0.1, 0.15) is 5.75 Å². The molecule has 0 saturated heterocycles. The van der Waals surface area contributed by atoms with Crippen LogP contribution in [0.1, 0.15) is 39.5 Å². The molecule has 2 unspecified atom stereocenters. The van der Waals surface area contributed by atoms with Crippen molar-refractivity contribution in [2.75, 3.05) is 19.4 Å². The van der Waals surface area contributed by atoms with Gasteiger partial charge in [-0.3, -0.25) is 4.21 Å². The van der Waals surface area contributed by atoms with Crippen molar-refractivity contribution in [2.24, 2.45) is 0 Å². The van der Waals surface area contributed by atoms with E-state index < -0.39 is 10.8 Å². The summed E-state index contributed by atoms with van der Waals surface area (Å²) in [5.41, 5.74) is 0. The average Bonchev–Trinajstić information content (AvgIpc) is 2.50. The van der Waals surface area contributed by atoms with E-state index in [0.717, 1.165) is 42.9 Å². The topological polar surface area (TPSA) is 38.3 Å². The van der Waals surface area contributed by atoms with Crippen LogP contribution in [0.4, 0.5) is 0 Å². The molecule has 0 aromatic heterocycles. The molecule has 3 nitrogen and oxygen atoms in total. The van der Waals surface area contributed by atoms with Gasteiger partial charge in [-0.15, -0.1) is 0 Å². The van der Waals surface area contributed by atoms with Crippen LogP contribution in [0, 0.1) is 0 Å². The number of methoxy groups -OCH3 is 1. The highest BCUT2D eigenvalue weighted by Gasteiger charge is 2.11. The fourth-order valence-corrected chi connectivity index (χ4v) is 3.43. The molecule has 114 valence electrons. The van der Waals surface area contributed by atoms with Gasteiger partial charge in [-0.05, 0) is 44.4 Å². The summed E-state index contributed by atoms with van der Waals surface area (Å²) in [6.45, 7) is 5.44. The first-order chi connectivity index (χ1) is 9.72. The molecule has 0 aliphatic carbocycles. The molecule has 0 fully saturated rings. The molecule has 1 N–H and O–H groups in total. The van der Waals surface area contributed by atoms with E-state index in [1.165, 1.54) is 0 Å². The Morgan fingerprint density at radius 3 is 2.70 bits per heavy atom. The summed E-state index contributed by atoms with van der Waals surface area (Å²) < 4.78 is 17.6. The first-order valence-electron chi connectivity index (χ1n) is 7.47. The van der Waals surface area contributed by atoms with Gasteiger partial charge in [0.2, 0.25) is 0 Å². The first-order valence-corrected chi connectivity index (χ1v) is 8.79. The molecule has 0 aliphatic heterocycles. The van der Waals surface area contributed by atoms with E-state index in [1.807, 2.05) is 24.3 Å². The van der Waals surface area contributed by atoms with Crippen molar-refractivity contribution in [3.63, 3.8) is 0 Å². The number of nitrogens with one attached hydrogen (secondary N) is 1. The Labute approximate surface area is 125 Å². The van der Waals surface area contributed by atoms with E-state index in [-0.39, 0.29) is 0 Å². The van der Waals surface area contributed by atoms with Crippen molar-refractivity contribution in [1.29, 1.82) is 0 Å². The third-order valence-electron chi connectivity index (χ3n) is 3.37. The van der Waals surface area contributed by atoms with Crippen LogP contribution in [-0.2, 0) is 10.8 Å². The Balaban J connectivity index is 2.43. The van der Waals surface area contributed by atoms with Crippen molar-refractivity contribution in [3.05, 3.63) is 24.3 Å². The van der Waals surface area contributed by atoms with Crippen LogP contribution in [0.15, 0.2) is 29.2 Å². The number of hydrogen-bond acceptors (Lipinski definition) is 3. The summed E-state index contributed by atoms with van der Waals surface area (Å²) in [6, 6.07) is 8.12. The second-order valence-electron chi connectivity index (χ2n) is 4.90. The third kappa shape index (κ3) is 5.63. The summed E-state index contributed by atoms with van der Waals surface area (Å²) in [6.07, 6.45) is 4.34. The van der Waals surface area contributed by atoms with Crippen LogP contribution in [0.2, 0.25) is 0 Å². The van der Waals surface area contributed by atoms with E-state index in [0.29, 0.717) is 11.8 Å². The molecule has 20 heavy (non-hydrogen) atoms. The molecule has 1 rings (SSSR count). The zero-order chi connectivity index (χ0) is 14.8. The third-order valence-corrected chi connectivity index (χ3v) is 4.86. The molecule has 0 amide bonds. The van der Waals surface area contributed by atoms with Gasteiger partial charge in [0.15, 0.2) is 0 Å². The standard InChI is InChI=1S/C16H27NO2S/c1-4-12-17-14(5-2)9-8-13-20(18)16-11-7-6-10-15(16)19-3/h6-7,10-11,14,17H,4-5,8-9,12-13H2,1-3H3. The van der Waals surface area contributed by atoms with Gasteiger partial charge in [-0.25, -0.2) is 0 Å². The molecule has 0 radical (unpaired) electrons. The van der Waals surface area contributed by atoms with Gasteiger partial charge in [-0.1, -0.05) is 26.0 Å². The summed E-state index contributed by atoms with van der Waals surface area (Å²) in [5.74, 6) is 1.42. The van der Waals surface area contributed by atoms with Crippen LogP contribution in [0.3, 0.4) is 0 Å². The Hall–Kier alpha value is -0.870. The zero-order valence-corrected chi connectivity index (χ0v) is 13.7. The lowest BCUT2D eigenvalue weighted by Crippen LogP contribution is -2.29. The maximum absolute atomic E-state index is 12.3. The lowest BCUT2D eigenvalue weighted by atomic mass is 10.1. The van der Waals surface area contributed by atoms with Gasteiger partial charge in [0, 0.05) is 11.8 Å². The molecular formula is C16H27NO2S. The Bertz CT molecular complexity index is 409. The highest BCUT2D eigenvalue weighted by Crippen LogP contribution is 2.22. The van der Waals surface area contributed by atoms with Crippen molar-refractivity contribution in [3.8, 4) is 5.75 Å². The molecule has 1 aromatic rings. The molecule has 0 saturated carbocycles. The SMILES string of the molecule is CCCNC(CC)CCCS(=O)c1ccccc1OC. The molecular weight excluding hydrogens is 270 g/mol. The second-order valence-corrected chi connectivity index (χ2v) is 6.44. The number of para-hydroxylation sites is 1. The molecule has 1 aromatic carbocycles. The summed E-state index contributed by atoms with van der Waals surface area (Å²) in [5, 5.41) is 3.53. The first kappa shape index (κ1) is 17.2. The summed E-state index contributed by atoms with van der Waals surface area (Å²) in [7, 11) is 0.651. The predicted molar refractivity (Wildman–Crippen MR) is 85.9 cm³/mol. The van der Waals surface area contributed by atoms with Gasteiger partial charge in [-0.2, -0.15) is 0 Å². The van der Waals surface area contributed by atoms with Crippen LogP contribution >= 0.6 is 0 Å². The lowest BCUT2D eigenvalue weighted by molar-refractivity contribution is 0.404. The molecule has 0 heterocycles. The van der Waals surface area contributed by atoms with E-state index in [9.17, 15) is 4.21 Å². The zero-order valence-electron chi connectivity index (χ0n) is 12.9. The Kier molecular flexibility index (Phi) is 8.54. The number of hydrogen-bond donors (Lipinski definition) is 1. The van der Waals surface area contributed by atoms with Crippen molar-refractivity contribution >= 4 is 10.8 Å². The molecule has 0 spiro atoms. The predicted octanol–water partition coefficient (Wildman–Crippen LogP) is 3.36. The Morgan fingerprint density at radius 1 is 1.30 bits per heavy atom. The molecule has 2 atom stereocenters. The average molecular weight is 297 g/mol. The largest absolute Gasteiger partial charge is 0.495 e. The summed E-state index contributed by atoms with van der Waals surface area (Å²) in [4.78, 5) is 0.810. The fourth-order valence-electron chi connectivity index (χ4n) is 2.18. The van der Waals surface area contributed by atoms with Gasteiger partial charge >= 0.3 is 0 Å². The van der Waals surface area contributed by atoms with E-state index >= 15 is 0 Å². The minimum absolute atomic E-state index is 0.546. The maximum atomic E-state index is 12.3. The smallest absolute Gasteiger partial charge is 0.134 e. The molecule has 0 aliphatic rings. The van der Waals surface area contributed by atoms with Crippen LogP contribution in [0.5, 0.6) is 5.75 Å². The Morgan fingerprint density at radius 2 is 2.05 bits per heavy atom. The minimum atomic E-state index is -0.972. The number of benzene rings is 1. The molecule has 0 bridgehead atoms. The van der Waals surface area contributed by atoms with Crippen molar-refractivity contribution in [1.82, 2.24) is 5.32 Å². The normalized spacial score (nSPS) is 13.9. The quantitative estimate of drug-likeness (QED) is 0.719. The van der Waals surface area contributed by atoms with Crippen molar-refractivity contribution < 1.29 is 8.95 Å². The second kappa shape index (κ2) is 9.94. The van der Waals surface area contributed by atoms with E-state index in [2.05, 4.69) is 19.2 Å². The van der Waals surface area contributed by atoms with E-state index in [4.69, 9.17) is 4.74 Å². The monoisotopic (exact) mass is 297 g/mol. The lowest BCUT2D eigenvalue weighted by Gasteiger charge is -2.16. The summed E-state index contributed by atoms with van der Waals surface area (Å²) >= 11 is 0. The van der Waals surface area contributed by atoms with Gasteiger partial charge < -0.3 is 10.1 Å². The van der Waals surface area contributed by atoms with Crippen LogP contribution in [-0.4, -0.2) is 29.7 Å². The van der Waals surface area contributed by atoms with E-state index in [1.54, 1.807) is 7.11 Å². The fraction of sp³-hybridized carbons (Fsp3) is 0.625. The maximum Gasteiger partial charge on any atom is 0.134 e. The number of rotatable bonds is 10. The number of ether oxygens (including phenoxy) is 1. The van der Waals surface area contributed by atoms with Crippen molar-refractivity contribution in [2.45, 2.75) is 50.5 Å².